The summed E-state index contributed by atoms with van der Waals surface area (Å²) in [5, 5.41) is 9.69. The van der Waals surface area contributed by atoms with E-state index in [0.29, 0.717) is 17.5 Å². The molecule has 0 radical (unpaired) electrons. The number of fused-ring (bicyclic) bond motifs is 9. The van der Waals surface area contributed by atoms with E-state index in [2.05, 4.69) is 127 Å². The zero-order valence-electron chi connectivity index (χ0n) is 29.6. The zero-order chi connectivity index (χ0) is 36.3. The van der Waals surface area contributed by atoms with Gasteiger partial charge in [-0.1, -0.05) is 188 Å². The lowest BCUT2D eigenvalue weighted by Crippen LogP contribution is -2.00. The van der Waals surface area contributed by atoms with Crippen LogP contribution in [0.25, 0.3) is 111 Å². The van der Waals surface area contributed by atoms with Crippen molar-refractivity contribution in [3.63, 3.8) is 0 Å². The topological polar surface area (TPSA) is 51.8 Å². The summed E-state index contributed by atoms with van der Waals surface area (Å²) in [6.45, 7) is 0. The number of benzene rings is 9. The average molecular weight is 702 g/mol. The monoisotopic (exact) mass is 701 g/mol. The number of nitrogens with zero attached hydrogens (tertiary/aromatic N) is 3. The second-order valence-electron chi connectivity index (χ2n) is 13.9. The highest BCUT2D eigenvalue weighted by molar-refractivity contribution is 6.29. The van der Waals surface area contributed by atoms with E-state index in [1.807, 2.05) is 60.7 Å². The van der Waals surface area contributed by atoms with Gasteiger partial charge in [0.2, 0.25) is 0 Å². The molecule has 0 aliphatic carbocycles. The predicted molar refractivity (Wildman–Crippen MR) is 227 cm³/mol. The second-order valence-corrected chi connectivity index (χ2v) is 13.9. The van der Waals surface area contributed by atoms with Crippen LogP contribution in [0.1, 0.15) is 0 Å². The van der Waals surface area contributed by atoms with Gasteiger partial charge in [-0.3, -0.25) is 0 Å². The van der Waals surface area contributed by atoms with Crippen LogP contribution >= 0.6 is 0 Å². The van der Waals surface area contributed by atoms with Crippen molar-refractivity contribution in [3.8, 4) is 56.4 Å². The van der Waals surface area contributed by atoms with Crippen molar-refractivity contribution in [2.75, 3.05) is 0 Å². The fourth-order valence-electron chi connectivity index (χ4n) is 8.18. The fraction of sp³-hybridized carbons (Fsp3) is 0. The molecule has 0 aliphatic rings. The van der Waals surface area contributed by atoms with Gasteiger partial charge in [-0.15, -0.1) is 0 Å². The van der Waals surface area contributed by atoms with Crippen molar-refractivity contribution < 1.29 is 4.42 Å². The minimum atomic E-state index is 0.626. The van der Waals surface area contributed by atoms with E-state index in [4.69, 9.17) is 19.4 Å². The van der Waals surface area contributed by atoms with Gasteiger partial charge in [0.1, 0.15) is 11.2 Å². The number of furan rings is 1. The van der Waals surface area contributed by atoms with Crippen LogP contribution in [0.4, 0.5) is 0 Å². The van der Waals surface area contributed by atoms with Crippen LogP contribution in [0.2, 0.25) is 0 Å². The van der Waals surface area contributed by atoms with Crippen molar-refractivity contribution in [1.82, 2.24) is 15.0 Å². The van der Waals surface area contributed by atoms with E-state index in [1.165, 1.54) is 32.3 Å². The number of hydrogen-bond acceptors (Lipinski definition) is 4. The molecule has 0 amide bonds. The van der Waals surface area contributed by atoms with Crippen molar-refractivity contribution in [3.05, 3.63) is 188 Å². The summed E-state index contributed by atoms with van der Waals surface area (Å²) >= 11 is 0. The Balaban J connectivity index is 1.05. The summed E-state index contributed by atoms with van der Waals surface area (Å²) in [4.78, 5) is 14.7. The molecule has 11 aromatic rings. The molecule has 0 unspecified atom stereocenters. The quantitative estimate of drug-likeness (QED) is 0.168. The minimum absolute atomic E-state index is 0.626. The van der Waals surface area contributed by atoms with Crippen LogP contribution in [0.15, 0.2) is 192 Å². The molecule has 2 heterocycles. The highest BCUT2D eigenvalue weighted by Gasteiger charge is 2.19. The SMILES string of the molecule is c1ccc(-c2nc(-c3ccccc3)nc(-c3ccc(-c4cccc5c4oc4c(-c6cccc7c8ccccc8c8ccccc8c67)cccc45)cc3)n2)cc1. The van der Waals surface area contributed by atoms with E-state index < -0.39 is 0 Å². The maximum absolute atomic E-state index is 6.98. The van der Waals surface area contributed by atoms with Crippen molar-refractivity contribution in [2.24, 2.45) is 0 Å². The Kier molecular flexibility index (Phi) is 7.14. The minimum Gasteiger partial charge on any atom is -0.455 e. The summed E-state index contributed by atoms with van der Waals surface area (Å²) in [5.74, 6) is 1.91. The first kappa shape index (κ1) is 31.1. The maximum atomic E-state index is 6.98. The van der Waals surface area contributed by atoms with E-state index >= 15 is 0 Å². The van der Waals surface area contributed by atoms with Crippen molar-refractivity contribution >= 4 is 54.3 Å². The summed E-state index contributed by atoms with van der Waals surface area (Å²) < 4.78 is 6.98. The Morgan fingerprint density at radius 1 is 0.255 bits per heavy atom. The lowest BCUT2D eigenvalue weighted by atomic mass is 9.89. The second kappa shape index (κ2) is 12.6. The number of rotatable bonds is 5. The van der Waals surface area contributed by atoms with Crippen LogP contribution in [0.5, 0.6) is 0 Å². The van der Waals surface area contributed by atoms with E-state index in [0.717, 1.165) is 60.9 Å². The van der Waals surface area contributed by atoms with Gasteiger partial charge in [-0.25, -0.2) is 15.0 Å². The molecular weight excluding hydrogens is 671 g/mol. The summed E-state index contributed by atoms with van der Waals surface area (Å²) in [5.41, 5.74) is 8.89. The van der Waals surface area contributed by atoms with Crippen molar-refractivity contribution in [2.45, 2.75) is 0 Å². The van der Waals surface area contributed by atoms with Crippen LogP contribution in [0.3, 0.4) is 0 Å². The molecule has 0 atom stereocenters. The number of para-hydroxylation sites is 2. The lowest BCUT2D eigenvalue weighted by molar-refractivity contribution is 0.671. The van der Waals surface area contributed by atoms with E-state index in [-0.39, 0.29) is 0 Å². The molecular formula is C51H31N3O. The molecule has 256 valence electrons. The predicted octanol–water partition coefficient (Wildman–Crippen LogP) is 13.6. The van der Waals surface area contributed by atoms with Gasteiger partial charge in [0, 0.05) is 38.6 Å². The van der Waals surface area contributed by atoms with E-state index in [1.54, 1.807) is 0 Å². The Labute approximate surface area is 317 Å². The van der Waals surface area contributed by atoms with E-state index in [9.17, 15) is 0 Å². The summed E-state index contributed by atoms with van der Waals surface area (Å²) in [6.07, 6.45) is 0. The first-order valence-electron chi connectivity index (χ1n) is 18.5. The van der Waals surface area contributed by atoms with Gasteiger partial charge >= 0.3 is 0 Å². The smallest absolute Gasteiger partial charge is 0.164 e. The average Bonchev–Trinajstić information content (AvgIpc) is 3.66. The van der Waals surface area contributed by atoms with Crippen LogP contribution in [-0.2, 0) is 0 Å². The Morgan fingerprint density at radius 3 is 1.16 bits per heavy atom. The molecule has 2 aromatic heterocycles. The molecule has 0 saturated heterocycles. The summed E-state index contributed by atoms with van der Waals surface area (Å²) in [6, 6.07) is 65.6. The fourth-order valence-corrected chi connectivity index (χ4v) is 8.18. The standard InChI is InChI=1S/C51H31N3O/c1-3-14-33(15-4-1)49-52-50(34-16-5-2-6-17-34)54-51(53-49)35-30-28-32(29-31-35)36-22-11-26-44-45-27-13-25-43(48(45)55-47(36)44)42-24-12-23-41-39-19-8-7-18-37(39)38-20-9-10-21-40(38)46(41)42/h1-31H. The molecule has 0 saturated carbocycles. The van der Waals surface area contributed by atoms with Gasteiger partial charge < -0.3 is 4.42 Å². The van der Waals surface area contributed by atoms with Gasteiger partial charge in [0.05, 0.1) is 0 Å². The van der Waals surface area contributed by atoms with Crippen molar-refractivity contribution in [1.29, 1.82) is 0 Å². The Morgan fingerprint density at radius 2 is 0.618 bits per heavy atom. The first-order chi connectivity index (χ1) is 27.3. The molecule has 0 bridgehead atoms. The summed E-state index contributed by atoms with van der Waals surface area (Å²) in [7, 11) is 0. The maximum Gasteiger partial charge on any atom is 0.164 e. The molecule has 55 heavy (non-hydrogen) atoms. The van der Waals surface area contributed by atoms with Gasteiger partial charge in [0.25, 0.3) is 0 Å². The largest absolute Gasteiger partial charge is 0.455 e. The highest BCUT2D eigenvalue weighted by Crippen LogP contribution is 2.44. The van der Waals surface area contributed by atoms with Crippen LogP contribution in [-0.4, -0.2) is 15.0 Å². The normalized spacial score (nSPS) is 11.6. The third-order valence-electron chi connectivity index (χ3n) is 10.7. The van der Waals surface area contributed by atoms with Gasteiger partial charge in [-0.05, 0) is 43.4 Å². The molecule has 0 spiro atoms. The number of aromatic nitrogens is 3. The van der Waals surface area contributed by atoms with Gasteiger partial charge in [-0.2, -0.15) is 0 Å². The molecule has 11 rings (SSSR count). The molecule has 0 fully saturated rings. The molecule has 0 N–H and O–H groups in total. The Bertz CT molecular complexity index is 3140. The van der Waals surface area contributed by atoms with Gasteiger partial charge in [0.15, 0.2) is 17.5 Å². The third kappa shape index (κ3) is 5.11. The third-order valence-corrected chi connectivity index (χ3v) is 10.7. The molecule has 0 aliphatic heterocycles. The first-order valence-corrected chi connectivity index (χ1v) is 18.5. The Hall–Kier alpha value is -7.43. The number of hydrogen-bond donors (Lipinski definition) is 0. The highest BCUT2D eigenvalue weighted by atomic mass is 16.3. The lowest BCUT2D eigenvalue weighted by Gasteiger charge is -2.14. The van der Waals surface area contributed by atoms with Crippen LogP contribution < -0.4 is 0 Å². The zero-order valence-corrected chi connectivity index (χ0v) is 29.6. The molecule has 4 nitrogen and oxygen atoms in total. The van der Waals surface area contributed by atoms with Crippen LogP contribution in [0, 0.1) is 0 Å². The molecule has 4 heteroatoms. The molecule has 9 aromatic carbocycles.